The predicted octanol–water partition coefficient (Wildman–Crippen LogP) is 0.557. The SMILES string of the molecule is CCNC(=O)CC(C#N)NCC(F)(F)F. The van der Waals surface area contributed by atoms with Crippen LogP contribution in [-0.2, 0) is 4.79 Å². The highest BCUT2D eigenvalue weighted by Gasteiger charge is 2.28. The first-order valence-electron chi connectivity index (χ1n) is 4.35. The van der Waals surface area contributed by atoms with Gasteiger partial charge < -0.3 is 5.32 Å². The second-order valence-corrected chi connectivity index (χ2v) is 2.84. The van der Waals surface area contributed by atoms with Crippen LogP contribution in [0.15, 0.2) is 0 Å². The van der Waals surface area contributed by atoms with Crippen LogP contribution in [-0.4, -0.2) is 31.2 Å². The summed E-state index contributed by atoms with van der Waals surface area (Å²) in [6, 6.07) is 0.479. The maximum Gasteiger partial charge on any atom is 0.401 e. The minimum atomic E-state index is -4.38. The number of rotatable bonds is 5. The van der Waals surface area contributed by atoms with E-state index in [0.29, 0.717) is 6.54 Å². The Balaban J connectivity index is 3.95. The smallest absolute Gasteiger partial charge is 0.356 e. The number of amides is 1. The molecule has 0 fully saturated rings. The van der Waals surface area contributed by atoms with E-state index in [9.17, 15) is 18.0 Å². The first kappa shape index (κ1) is 13.7. The van der Waals surface area contributed by atoms with Crippen LogP contribution in [0.25, 0.3) is 0 Å². The summed E-state index contributed by atoms with van der Waals surface area (Å²) in [7, 11) is 0. The highest BCUT2D eigenvalue weighted by Crippen LogP contribution is 2.12. The summed E-state index contributed by atoms with van der Waals surface area (Å²) in [5.41, 5.74) is 0. The van der Waals surface area contributed by atoms with Gasteiger partial charge in [0.05, 0.1) is 19.0 Å². The van der Waals surface area contributed by atoms with Crippen molar-refractivity contribution in [1.82, 2.24) is 10.6 Å². The minimum Gasteiger partial charge on any atom is -0.356 e. The predicted molar refractivity (Wildman–Crippen MR) is 46.8 cm³/mol. The normalized spacial score (nSPS) is 13.0. The molecule has 0 aliphatic heterocycles. The van der Waals surface area contributed by atoms with Gasteiger partial charge >= 0.3 is 6.18 Å². The number of hydrogen-bond acceptors (Lipinski definition) is 3. The number of halogens is 3. The average molecular weight is 223 g/mol. The van der Waals surface area contributed by atoms with E-state index in [2.05, 4.69) is 5.32 Å². The third-order valence-corrected chi connectivity index (χ3v) is 1.47. The molecule has 1 atom stereocenters. The Hall–Kier alpha value is -1.29. The second kappa shape index (κ2) is 6.24. The van der Waals surface area contributed by atoms with Crippen LogP contribution in [0.1, 0.15) is 13.3 Å². The molecular weight excluding hydrogens is 211 g/mol. The molecule has 7 heteroatoms. The molecule has 0 aromatic rings. The first-order chi connectivity index (χ1) is 6.89. The Bertz CT molecular complexity index is 246. The van der Waals surface area contributed by atoms with Crippen molar-refractivity contribution >= 4 is 5.91 Å². The van der Waals surface area contributed by atoms with E-state index in [4.69, 9.17) is 5.26 Å². The van der Waals surface area contributed by atoms with Gasteiger partial charge in [0, 0.05) is 6.54 Å². The minimum absolute atomic E-state index is 0.277. The molecule has 0 aromatic heterocycles. The number of nitrogens with zero attached hydrogens (tertiary/aromatic N) is 1. The van der Waals surface area contributed by atoms with Crippen molar-refractivity contribution in [1.29, 1.82) is 5.26 Å². The van der Waals surface area contributed by atoms with E-state index in [-0.39, 0.29) is 6.42 Å². The molecule has 86 valence electrons. The van der Waals surface area contributed by atoms with Crippen LogP contribution < -0.4 is 10.6 Å². The Morgan fingerprint density at radius 1 is 1.53 bits per heavy atom. The van der Waals surface area contributed by atoms with Gasteiger partial charge in [0.15, 0.2) is 0 Å². The van der Waals surface area contributed by atoms with Crippen molar-refractivity contribution in [3.63, 3.8) is 0 Å². The van der Waals surface area contributed by atoms with Gasteiger partial charge in [0.1, 0.15) is 6.04 Å². The second-order valence-electron chi connectivity index (χ2n) is 2.84. The molecule has 0 bridgehead atoms. The zero-order valence-electron chi connectivity index (χ0n) is 8.19. The number of nitrogens with one attached hydrogen (secondary N) is 2. The lowest BCUT2D eigenvalue weighted by molar-refractivity contribution is -0.128. The Morgan fingerprint density at radius 2 is 2.13 bits per heavy atom. The van der Waals surface area contributed by atoms with Crippen molar-refractivity contribution < 1.29 is 18.0 Å². The van der Waals surface area contributed by atoms with Gasteiger partial charge in [0.25, 0.3) is 0 Å². The fourth-order valence-corrected chi connectivity index (χ4v) is 0.857. The standard InChI is InChI=1S/C8H12F3N3O/c1-2-13-7(15)3-6(4-12)14-5-8(9,10)11/h6,14H,2-3,5H2,1H3,(H,13,15). The summed E-state index contributed by atoms with van der Waals surface area (Å²) in [5, 5.41) is 12.8. The van der Waals surface area contributed by atoms with Gasteiger partial charge in [-0.15, -0.1) is 0 Å². The van der Waals surface area contributed by atoms with Gasteiger partial charge in [0.2, 0.25) is 5.91 Å². The summed E-state index contributed by atoms with van der Waals surface area (Å²) in [4.78, 5) is 11.0. The van der Waals surface area contributed by atoms with E-state index in [1.165, 1.54) is 0 Å². The Morgan fingerprint density at radius 3 is 2.53 bits per heavy atom. The molecule has 4 nitrogen and oxygen atoms in total. The zero-order chi connectivity index (χ0) is 11.9. The van der Waals surface area contributed by atoms with Crippen LogP contribution in [0.2, 0.25) is 0 Å². The Labute approximate surface area is 85.4 Å². The van der Waals surface area contributed by atoms with E-state index in [1.807, 2.05) is 5.32 Å². The highest BCUT2D eigenvalue weighted by molar-refractivity contribution is 5.76. The fraction of sp³-hybridized carbons (Fsp3) is 0.750. The molecule has 0 saturated carbocycles. The lowest BCUT2D eigenvalue weighted by Gasteiger charge is -2.12. The molecule has 0 rings (SSSR count). The van der Waals surface area contributed by atoms with Gasteiger partial charge in [-0.2, -0.15) is 18.4 Å². The molecule has 0 spiro atoms. The van der Waals surface area contributed by atoms with E-state index >= 15 is 0 Å². The summed E-state index contributed by atoms with van der Waals surface area (Å²) in [6.45, 7) is 0.795. The topological polar surface area (TPSA) is 64.9 Å². The molecular formula is C8H12F3N3O. The van der Waals surface area contributed by atoms with Crippen molar-refractivity contribution in [2.75, 3.05) is 13.1 Å². The van der Waals surface area contributed by atoms with Crippen LogP contribution in [0, 0.1) is 11.3 Å². The lowest BCUT2D eigenvalue weighted by atomic mass is 10.2. The number of hydrogen-bond donors (Lipinski definition) is 2. The number of carbonyl (C=O) groups is 1. The summed E-state index contributed by atoms with van der Waals surface area (Å²) in [6.07, 6.45) is -4.66. The third kappa shape index (κ3) is 7.76. The van der Waals surface area contributed by atoms with Gasteiger partial charge in [-0.1, -0.05) is 0 Å². The maximum atomic E-state index is 11.8. The molecule has 15 heavy (non-hydrogen) atoms. The van der Waals surface area contributed by atoms with Gasteiger partial charge in [-0.25, -0.2) is 0 Å². The quantitative estimate of drug-likeness (QED) is 0.715. The largest absolute Gasteiger partial charge is 0.401 e. The van der Waals surface area contributed by atoms with Crippen LogP contribution in [0.5, 0.6) is 0 Å². The van der Waals surface area contributed by atoms with E-state index < -0.39 is 24.7 Å². The maximum absolute atomic E-state index is 11.8. The van der Waals surface area contributed by atoms with Gasteiger partial charge in [-0.3, -0.25) is 10.1 Å². The highest BCUT2D eigenvalue weighted by atomic mass is 19.4. The molecule has 0 radical (unpaired) electrons. The molecule has 0 aromatic carbocycles. The molecule has 0 heterocycles. The lowest BCUT2D eigenvalue weighted by Crippen LogP contribution is -2.39. The summed E-state index contributed by atoms with van der Waals surface area (Å²) >= 11 is 0. The van der Waals surface area contributed by atoms with Gasteiger partial charge in [-0.05, 0) is 6.92 Å². The van der Waals surface area contributed by atoms with Crippen molar-refractivity contribution in [2.24, 2.45) is 0 Å². The fourth-order valence-electron chi connectivity index (χ4n) is 0.857. The van der Waals surface area contributed by atoms with E-state index in [0.717, 1.165) is 0 Å². The van der Waals surface area contributed by atoms with Crippen molar-refractivity contribution in [3.8, 4) is 6.07 Å². The van der Waals surface area contributed by atoms with Crippen molar-refractivity contribution in [3.05, 3.63) is 0 Å². The van der Waals surface area contributed by atoms with Crippen LogP contribution in [0.4, 0.5) is 13.2 Å². The number of carbonyl (C=O) groups excluding carboxylic acids is 1. The monoisotopic (exact) mass is 223 g/mol. The number of alkyl halides is 3. The zero-order valence-corrected chi connectivity index (χ0v) is 8.19. The average Bonchev–Trinajstić information content (AvgIpc) is 2.11. The molecule has 0 aliphatic rings. The summed E-state index contributed by atoms with van der Waals surface area (Å²) < 4.78 is 35.3. The Kier molecular flexibility index (Phi) is 5.70. The van der Waals surface area contributed by atoms with E-state index in [1.54, 1.807) is 13.0 Å². The van der Waals surface area contributed by atoms with Crippen molar-refractivity contribution in [2.45, 2.75) is 25.6 Å². The molecule has 0 aliphatic carbocycles. The molecule has 0 saturated heterocycles. The molecule has 2 N–H and O–H groups in total. The number of nitriles is 1. The van der Waals surface area contributed by atoms with Crippen LogP contribution >= 0.6 is 0 Å². The third-order valence-electron chi connectivity index (χ3n) is 1.47. The van der Waals surface area contributed by atoms with Crippen LogP contribution in [0.3, 0.4) is 0 Å². The molecule has 1 amide bonds. The first-order valence-corrected chi connectivity index (χ1v) is 4.35. The molecule has 1 unspecified atom stereocenters. The summed E-state index contributed by atoms with van der Waals surface area (Å²) in [5.74, 6) is -0.446.